The Kier molecular flexibility index (Phi) is 7.05. The van der Waals surface area contributed by atoms with Crippen molar-refractivity contribution in [3.63, 3.8) is 0 Å². The summed E-state index contributed by atoms with van der Waals surface area (Å²) in [6.45, 7) is 16.5. The van der Waals surface area contributed by atoms with Crippen LogP contribution in [0.4, 0.5) is 0 Å². The van der Waals surface area contributed by atoms with Crippen LogP contribution in [0.15, 0.2) is 12.2 Å². The Morgan fingerprint density at radius 2 is 1.71 bits per heavy atom. The summed E-state index contributed by atoms with van der Waals surface area (Å²) >= 11 is 0. The molecule has 2 fully saturated rings. The van der Waals surface area contributed by atoms with Gasteiger partial charge in [0.25, 0.3) is 0 Å². The first-order valence-electron chi connectivity index (χ1n) is 10.8. The molecule has 28 heavy (non-hydrogen) atoms. The Bertz CT molecular complexity index is 560. The fourth-order valence-electron chi connectivity index (χ4n) is 4.69. The summed E-state index contributed by atoms with van der Waals surface area (Å²) in [4.78, 5) is 18.9. The lowest BCUT2D eigenvalue weighted by Crippen LogP contribution is -2.58. The fraction of sp³-hybridized carbons (Fsp3) is 0.870. The minimum absolute atomic E-state index is 0.00749. The van der Waals surface area contributed by atoms with Crippen molar-refractivity contribution in [2.75, 3.05) is 0 Å². The van der Waals surface area contributed by atoms with Crippen molar-refractivity contribution >= 4 is 5.97 Å². The van der Waals surface area contributed by atoms with Gasteiger partial charge in [-0.05, 0) is 93.4 Å². The number of hydrogen-bond acceptors (Lipinski definition) is 5. The molecule has 5 heteroatoms. The lowest BCUT2D eigenvalue weighted by atomic mass is 9.82. The van der Waals surface area contributed by atoms with Crippen molar-refractivity contribution in [3.05, 3.63) is 12.2 Å². The van der Waals surface area contributed by atoms with E-state index in [9.17, 15) is 9.90 Å². The quantitative estimate of drug-likeness (QED) is 0.543. The van der Waals surface area contributed by atoms with Gasteiger partial charge in [0.2, 0.25) is 0 Å². The van der Waals surface area contributed by atoms with Crippen molar-refractivity contribution in [2.24, 2.45) is 11.8 Å². The third-order valence-electron chi connectivity index (χ3n) is 5.93. The molecule has 0 unspecified atom stereocenters. The molecule has 0 aromatic rings. The summed E-state index contributed by atoms with van der Waals surface area (Å²) in [5, 5.41) is 12.5. The van der Waals surface area contributed by atoms with E-state index in [0.29, 0.717) is 6.42 Å². The molecule has 1 saturated carbocycles. The highest BCUT2D eigenvalue weighted by Gasteiger charge is 2.44. The van der Waals surface area contributed by atoms with Crippen LogP contribution in [-0.2, 0) is 14.4 Å². The van der Waals surface area contributed by atoms with E-state index in [1.54, 1.807) is 0 Å². The standard InChI is InChI=1S/C23H41NO4/c1-16(28-24-22(5,6)14-9-15-23(24,7)8)10-11-17-12-13-18(25)19(17)20(26)27-21(2,3)4/h10-11,16-19,25H,9,12-15H2,1-8H3/t16-,17+,18+,19+/m0/s1. The molecule has 0 aromatic carbocycles. The van der Waals surface area contributed by atoms with Gasteiger partial charge in [-0.3, -0.25) is 9.63 Å². The number of carbonyl (C=O) groups excluding carboxylic acids is 1. The van der Waals surface area contributed by atoms with Gasteiger partial charge in [0.15, 0.2) is 0 Å². The molecule has 1 aliphatic heterocycles. The number of piperidine rings is 1. The molecule has 1 N–H and O–H groups in total. The Morgan fingerprint density at radius 3 is 2.25 bits per heavy atom. The number of aliphatic hydroxyl groups is 1. The highest BCUT2D eigenvalue weighted by molar-refractivity contribution is 5.74. The van der Waals surface area contributed by atoms with Crippen LogP contribution in [0.3, 0.4) is 0 Å². The first kappa shape index (κ1) is 23.4. The normalized spacial score (nSPS) is 31.8. The number of hydroxylamine groups is 2. The number of esters is 1. The first-order valence-corrected chi connectivity index (χ1v) is 10.8. The summed E-state index contributed by atoms with van der Waals surface area (Å²) in [6.07, 6.45) is 8.18. The van der Waals surface area contributed by atoms with Crippen molar-refractivity contribution < 1.29 is 19.5 Å². The molecule has 0 spiro atoms. The van der Waals surface area contributed by atoms with Crippen LogP contribution < -0.4 is 0 Å². The highest BCUT2D eigenvalue weighted by atomic mass is 16.7. The lowest BCUT2D eigenvalue weighted by Gasteiger charge is -2.52. The molecule has 0 amide bonds. The summed E-state index contributed by atoms with van der Waals surface area (Å²) in [5.41, 5.74) is -0.561. The topological polar surface area (TPSA) is 59.0 Å². The predicted molar refractivity (Wildman–Crippen MR) is 112 cm³/mol. The smallest absolute Gasteiger partial charge is 0.312 e. The summed E-state index contributed by atoms with van der Waals surface area (Å²) in [7, 11) is 0. The van der Waals surface area contributed by atoms with Gasteiger partial charge in [0, 0.05) is 11.1 Å². The number of hydrogen-bond donors (Lipinski definition) is 1. The van der Waals surface area contributed by atoms with E-state index < -0.39 is 17.6 Å². The maximum Gasteiger partial charge on any atom is 0.312 e. The molecule has 1 saturated heterocycles. The van der Waals surface area contributed by atoms with Gasteiger partial charge in [0.1, 0.15) is 5.60 Å². The van der Waals surface area contributed by atoms with E-state index in [1.165, 1.54) is 6.42 Å². The summed E-state index contributed by atoms with van der Waals surface area (Å²) < 4.78 is 5.53. The Labute approximate surface area is 171 Å². The molecule has 1 heterocycles. The average molecular weight is 396 g/mol. The molecule has 0 aromatic heterocycles. The molecular formula is C23H41NO4. The van der Waals surface area contributed by atoms with Gasteiger partial charge < -0.3 is 9.84 Å². The van der Waals surface area contributed by atoms with Gasteiger partial charge in [-0.25, -0.2) is 0 Å². The second-order valence-electron chi connectivity index (χ2n) is 10.8. The molecule has 4 atom stereocenters. The van der Waals surface area contributed by atoms with Crippen LogP contribution >= 0.6 is 0 Å². The van der Waals surface area contributed by atoms with Crippen molar-refractivity contribution in [3.8, 4) is 0 Å². The Morgan fingerprint density at radius 1 is 1.14 bits per heavy atom. The molecular weight excluding hydrogens is 354 g/mol. The van der Waals surface area contributed by atoms with E-state index in [1.807, 2.05) is 39.8 Å². The number of rotatable bonds is 5. The van der Waals surface area contributed by atoms with Crippen LogP contribution in [-0.4, -0.2) is 45.0 Å². The van der Waals surface area contributed by atoms with E-state index in [-0.39, 0.29) is 29.1 Å². The maximum atomic E-state index is 12.6. The van der Waals surface area contributed by atoms with E-state index in [2.05, 4.69) is 32.8 Å². The van der Waals surface area contributed by atoms with Crippen LogP contribution in [0, 0.1) is 11.8 Å². The number of aliphatic hydroxyl groups excluding tert-OH is 1. The van der Waals surface area contributed by atoms with Crippen molar-refractivity contribution in [1.82, 2.24) is 5.06 Å². The maximum absolute atomic E-state index is 12.6. The van der Waals surface area contributed by atoms with Crippen LogP contribution in [0.1, 0.15) is 87.5 Å². The number of allylic oxidation sites excluding steroid dienone is 1. The van der Waals surface area contributed by atoms with Gasteiger partial charge >= 0.3 is 5.97 Å². The summed E-state index contributed by atoms with van der Waals surface area (Å²) in [6, 6.07) is 0. The SMILES string of the molecule is C[C@@H](C=C[C@@H]1CC[C@@H](O)[C@@H]1C(=O)OC(C)(C)C)ON1C(C)(C)CCCC1(C)C. The zero-order valence-electron chi connectivity index (χ0n) is 19.1. The number of carbonyl (C=O) groups is 1. The molecule has 2 aliphatic rings. The molecule has 0 bridgehead atoms. The van der Waals surface area contributed by atoms with Crippen LogP contribution in [0.2, 0.25) is 0 Å². The number of ether oxygens (including phenoxy) is 1. The third-order valence-corrected chi connectivity index (χ3v) is 5.93. The monoisotopic (exact) mass is 395 g/mol. The second-order valence-corrected chi connectivity index (χ2v) is 10.8. The van der Waals surface area contributed by atoms with Crippen LogP contribution in [0.5, 0.6) is 0 Å². The molecule has 0 radical (unpaired) electrons. The highest BCUT2D eigenvalue weighted by Crippen LogP contribution is 2.39. The molecule has 162 valence electrons. The van der Waals surface area contributed by atoms with Crippen molar-refractivity contribution in [2.45, 2.75) is 116 Å². The predicted octanol–water partition coefficient (Wildman–Crippen LogP) is 4.63. The summed E-state index contributed by atoms with van der Waals surface area (Å²) in [5.74, 6) is -0.817. The zero-order chi connectivity index (χ0) is 21.3. The fourth-order valence-corrected chi connectivity index (χ4v) is 4.69. The number of nitrogens with zero attached hydrogens (tertiary/aromatic N) is 1. The minimum Gasteiger partial charge on any atom is -0.460 e. The van der Waals surface area contributed by atoms with Crippen molar-refractivity contribution in [1.29, 1.82) is 0 Å². The first-order chi connectivity index (χ1) is 12.7. The van der Waals surface area contributed by atoms with E-state index >= 15 is 0 Å². The molecule has 5 nitrogen and oxygen atoms in total. The van der Waals surface area contributed by atoms with E-state index in [4.69, 9.17) is 9.57 Å². The molecule has 2 rings (SSSR count). The third kappa shape index (κ3) is 5.80. The van der Waals surface area contributed by atoms with Gasteiger partial charge in [-0.15, -0.1) is 0 Å². The minimum atomic E-state index is -0.638. The Balaban J connectivity index is 2.04. The van der Waals surface area contributed by atoms with Gasteiger partial charge in [0.05, 0.1) is 18.1 Å². The average Bonchev–Trinajstić information content (AvgIpc) is 2.88. The Hall–Kier alpha value is -0.910. The van der Waals surface area contributed by atoms with E-state index in [0.717, 1.165) is 19.3 Å². The molecule has 1 aliphatic carbocycles. The van der Waals surface area contributed by atoms with Gasteiger partial charge in [-0.2, -0.15) is 5.06 Å². The van der Waals surface area contributed by atoms with Gasteiger partial charge in [-0.1, -0.05) is 12.2 Å². The van der Waals surface area contributed by atoms with Crippen LogP contribution in [0.25, 0.3) is 0 Å². The second kappa shape index (κ2) is 8.45. The lowest BCUT2D eigenvalue weighted by molar-refractivity contribution is -0.293. The zero-order valence-corrected chi connectivity index (χ0v) is 19.1. The largest absolute Gasteiger partial charge is 0.460 e.